The van der Waals surface area contributed by atoms with Crippen LogP contribution in [0.1, 0.15) is 18.9 Å². The van der Waals surface area contributed by atoms with E-state index < -0.39 is 22.1 Å². The van der Waals surface area contributed by atoms with Crippen molar-refractivity contribution in [1.82, 2.24) is 0 Å². The van der Waals surface area contributed by atoms with E-state index in [-0.39, 0.29) is 22.9 Å². The molecule has 0 unspecified atom stereocenters. The maximum atomic E-state index is 13.0. The predicted octanol–water partition coefficient (Wildman–Crippen LogP) is 4.45. The summed E-state index contributed by atoms with van der Waals surface area (Å²) in [4.78, 5) is 13.6. The first-order valence-corrected chi connectivity index (χ1v) is 10.8. The lowest BCUT2D eigenvalue weighted by molar-refractivity contribution is -0.274. The van der Waals surface area contributed by atoms with Gasteiger partial charge in [-0.1, -0.05) is 22.9 Å². The molecule has 1 aliphatic heterocycles. The largest absolute Gasteiger partial charge is 0.573 e. The van der Waals surface area contributed by atoms with E-state index in [2.05, 4.69) is 25.4 Å². The van der Waals surface area contributed by atoms with Gasteiger partial charge in [-0.3, -0.25) is 9.52 Å². The molecule has 156 valence electrons. The van der Waals surface area contributed by atoms with E-state index in [1.165, 1.54) is 11.0 Å². The topological polar surface area (TPSA) is 75.7 Å². The number of benzene rings is 2. The van der Waals surface area contributed by atoms with Gasteiger partial charge in [-0.25, -0.2) is 8.42 Å². The number of rotatable bonds is 5. The number of anilines is 2. The Labute approximate surface area is 173 Å². The normalized spacial score (nSPS) is 13.9. The maximum absolute atomic E-state index is 13.0. The zero-order valence-corrected chi connectivity index (χ0v) is 17.5. The summed E-state index contributed by atoms with van der Waals surface area (Å²) in [6.07, 6.45) is -4.09. The van der Waals surface area contributed by atoms with Gasteiger partial charge in [0.2, 0.25) is 5.91 Å². The Morgan fingerprint density at radius 1 is 1.24 bits per heavy atom. The van der Waals surface area contributed by atoms with Crippen molar-refractivity contribution < 1.29 is 31.1 Å². The van der Waals surface area contributed by atoms with Crippen LogP contribution in [0, 0.1) is 0 Å². The minimum Gasteiger partial charge on any atom is -0.406 e. The minimum atomic E-state index is -4.84. The molecule has 6 nitrogen and oxygen atoms in total. The molecule has 3 rings (SSSR count). The standard InChI is InChI=1S/C18H16BrF3N2O4S/c1-2-16(25)24-8-7-11-9-12(19)10-15(17(11)24)29(26,27)23-13-3-5-14(6-4-13)28-18(20,21)22/h3-6,9-10,23H,2,7-8H2,1H3. The van der Waals surface area contributed by atoms with Gasteiger partial charge in [-0.15, -0.1) is 13.2 Å². The molecular weight excluding hydrogens is 477 g/mol. The van der Waals surface area contributed by atoms with Gasteiger partial charge < -0.3 is 9.64 Å². The number of carbonyl (C=O) groups is 1. The van der Waals surface area contributed by atoms with Crippen molar-refractivity contribution in [1.29, 1.82) is 0 Å². The van der Waals surface area contributed by atoms with E-state index in [1.54, 1.807) is 13.0 Å². The monoisotopic (exact) mass is 492 g/mol. The number of nitrogens with zero attached hydrogens (tertiary/aromatic N) is 1. The average Bonchev–Trinajstić information content (AvgIpc) is 3.04. The molecule has 0 radical (unpaired) electrons. The van der Waals surface area contributed by atoms with Crippen molar-refractivity contribution in [2.75, 3.05) is 16.2 Å². The number of amides is 1. The van der Waals surface area contributed by atoms with Crippen molar-refractivity contribution in [3.63, 3.8) is 0 Å². The molecule has 0 aliphatic carbocycles. The highest BCUT2D eigenvalue weighted by Crippen LogP contribution is 2.38. The lowest BCUT2D eigenvalue weighted by Crippen LogP contribution is -2.29. The molecule has 2 aromatic rings. The fourth-order valence-corrected chi connectivity index (χ4v) is 5.04. The lowest BCUT2D eigenvalue weighted by Gasteiger charge is -2.20. The van der Waals surface area contributed by atoms with Gasteiger partial charge in [-0.2, -0.15) is 0 Å². The first-order chi connectivity index (χ1) is 13.5. The second-order valence-corrected chi connectivity index (χ2v) is 8.80. The highest BCUT2D eigenvalue weighted by Gasteiger charge is 2.33. The molecular formula is C18H16BrF3N2O4S. The van der Waals surface area contributed by atoms with Crippen LogP contribution in [0.25, 0.3) is 0 Å². The Morgan fingerprint density at radius 3 is 2.48 bits per heavy atom. The predicted molar refractivity (Wildman–Crippen MR) is 104 cm³/mol. The highest BCUT2D eigenvalue weighted by atomic mass is 79.9. The van der Waals surface area contributed by atoms with E-state index in [4.69, 9.17) is 0 Å². The molecule has 0 fully saturated rings. The smallest absolute Gasteiger partial charge is 0.406 e. The molecule has 2 aromatic carbocycles. The van der Waals surface area contributed by atoms with Gasteiger partial charge in [-0.05, 0) is 48.4 Å². The van der Waals surface area contributed by atoms with Gasteiger partial charge in [0.25, 0.3) is 10.0 Å². The number of nitrogens with one attached hydrogen (secondary N) is 1. The number of halogens is 4. The third-order valence-electron chi connectivity index (χ3n) is 4.23. The van der Waals surface area contributed by atoms with E-state index in [1.807, 2.05) is 0 Å². The number of ether oxygens (including phenoxy) is 1. The van der Waals surface area contributed by atoms with Crippen LogP contribution in [0.2, 0.25) is 0 Å². The number of carbonyl (C=O) groups excluding carboxylic acids is 1. The Bertz CT molecular complexity index is 1040. The van der Waals surface area contributed by atoms with Crippen LogP contribution in [0.15, 0.2) is 45.8 Å². The molecule has 0 aromatic heterocycles. The Hall–Kier alpha value is -2.27. The highest BCUT2D eigenvalue weighted by molar-refractivity contribution is 9.10. The van der Waals surface area contributed by atoms with Crippen LogP contribution in [0.4, 0.5) is 24.5 Å². The summed E-state index contributed by atoms with van der Waals surface area (Å²) >= 11 is 3.29. The number of alkyl halides is 3. The Morgan fingerprint density at radius 2 is 1.90 bits per heavy atom. The third kappa shape index (κ3) is 4.84. The Balaban J connectivity index is 1.94. The molecule has 0 spiro atoms. The van der Waals surface area contributed by atoms with Gasteiger partial charge >= 0.3 is 6.36 Å². The fourth-order valence-electron chi connectivity index (χ4n) is 3.05. The average molecular weight is 493 g/mol. The maximum Gasteiger partial charge on any atom is 0.573 e. The summed E-state index contributed by atoms with van der Waals surface area (Å²) in [5, 5.41) is 0. The SMILES string of the molecule is CCC(=O)N1CCc2cc(Br)cc(S(=O)(=O)Nc3ccc(OC(F)(F)F)cc3)c21. The second kappa shape index (κ2) is 7.86. The molecule has 1 amide bonds. The summed E-state index contributed by atoms with van der Waals surface area (Å²) in [5.74, 6) is -0.667. The zero-order valence-electron chi connectivity index (χ0n) is 15.1. The van der Waals surface area contributed by atoms with Gasteiger partial charge in [0, 0.05) is 23.1 Å². The van der Waals surface area contributed by atoms with Crippen molar-refractivity contribution in [3.05, 3.63) is 46.4 Å². The van der Waals surface area contributed by atoms with Crippen LogP contribution in [0.5, 0.6) is 5.75 Å². The van der Waals surface area contributed by atoms with Crippen molar-refractivity contribution >= 4 is 43.2 Å². The molecule has 1 aliphatic rings. The molecule has 29 heavy (non-hydrogen) atoms. The number of sulfonamides is 1. The molecule has 0 saturated heterocycles. The fraction of sp³-hybridized carbons (Fsp3) is 0.278. The summed E-state index contributed by atoms with van der Waals surface area (Å²) in [7, 11) is -4.12. The van der Waals surface area contributed by atoms with Crippen molar-refractivity contribution in [2.24, 2.45) is 0 Å². The van der Waals surface area contributed by atoms with Gasteiger partial charge in [0.05, 0.1) is 5.69 Å². The first-order valence-electron chi connectivity index (χ1n) is 8.51. The van der Waals surface area contributed by atoms with Crippen LogP contribution < -0.4 is 14.4 Å². The summed E-state index contributed by atoms with van der Waals surface area (Å²) in [6, 6.07) is 7.48. The third-order valence-corrected chi connectivity index (χ3v) is 6.08. The molecule has 1 heterocycles. The molecule has 11 heteroatoms. The van der Waals surface area contributed by atoms with E-state index in [0.29, 0.717) is 23.1 Å². The summed E-state index contributed by atoms with van der Waals surface area (Å²) < 4.78 is 69.4. The van der Waals surface area contributed by atoms with Crippen molar-refractivity contribution in [2.45, 2.75) is 31.0 Å². The van der Waals surface area contributed by atoms with Gasteiger partial charge in [0.15, 0.2) is 0 Å². The van der Waals surface area contributed by atoms with E-state index in [0.717, 1.165) is 29.8 Å². The number of fused-ring (bicyclic) bond motifs is 1. The summed E-state index contributed by atoms with van der Waals surface area (Å²) in [5.41, 5.74) is 1.10. The van der Waals surface area contributed by atoms with Crippen LogP contribution >= 0.6 is 15.9 Å². The minimum absolute atomic E-state index is 0.0552. The molecule has 0 atom stereocenters. The quantitative estimate of drug-likeness (QED) is 0.668. The van der Waals surface area contributed by atoms with E-state index in [9.17, 15) is 26.4 Å². The summed E-state index contributed by atoms with van der Waals surface area (Å²) in [6.45, 7) is 2.07. The second-order valence-electron chi connectivity index (χ2n) is 6.24. The number of hydrogen-bond donors (Lipinski definition) is 1. The van der Waals surface area contributed by atoms with Gasteiger partial charge in [0.1, 0.15) is 10.6 Å². The van der Waals surface area contributed by atoms with Crippen LogP contribution in [-0.2, 0) is 21.2 Å². The van der Waals surface area contributed by atoms with Crippen molar-refractivity contribution in [3.8, 4) is 5.75 Å². The van der Waals surface area contributed by atoms with Crippen LogP contribution in [-0.4, -0.2) is 27.2 Å². The van der Waals surface area contributed by atoms with E-state index >= 15 is 0 Å². The number of hydrogen-bond acceptors (Lipinski definition) is 4. The lowest BCUT2D eigenvalue weighted by atomic mass is 10.2. The van der Waals surface area contributed by atoms with Crippen LogP contribution in [0.3, 0.4) is 0 Å². The first kappa shape index (κ1) is 21.4. The zero-order chi connectivity index (χ0) is 21.4. The molecule has 1 N–H and O–H groups in total. The molecule has 0 saturated carbocycles. The molecule has 0 bridgehead atoms. The Kier molecular flexibility index (Phi) is 5.81.